The summed E-state index contributed by atoms with van der Waals surface area (Å²) < 4.78 is 6.69. The zero-order valence-corrected chi connectivity index (χ0v) is 13.9. The number of rotatable bonds is 1. The quantitative estimate of drug-likeness (QED) is 0.819. The third-order valence-corrected chi connectivity index (χ3v) is 5.24. The van der Waals surface area contributed by atoms with Gasteiger partial charge < -0.3 is 10.1 Å². The minimum absolute atomic E-state index is 0.122. The summed E-state index contributed by atoms with van der Waals surface area (Å²) >= 11 is 1.54. The van der Waals surface area contributed by atoms with Gasteiger partial charge in [-0.1, -0.05) is 17.3 Å². The van der Waals surface area contributed by atoms with Crippen LogP contribution in [-0.4, -0.2) is 29.7 Å². The molecule has 2 atom stereocenters. The maximum atomic E-state index is 12.5. The van der Waals surface area contributed by atoms with Gasteiger partial charge in [-0.15, -0.1) is 5.92 Å². The van der Waals surface area contributed by atoms with Crippen LogP contribution in [-0.2, 0) is 6.42 Å². The number of anilines is 1. The van der Waals surface area contributed by atoms with Crippen molar-refractivity contribution in [2.45, 2.75) is 38.8 Å². The number of amides is 2. The molecule has 0 saturated carbocycles. The minimum atomic E-state index is -0.131. The van der Waals surface area contributed by atoms with Crippen LogP contribution in [0.25, 0.3) is 10.2 Å². The summed E-state index contributed by atoms with van der Waals surface area (Å²) in [6.07, 6.45) is 1.67. The maximum absolute atomic E-state index is 12.5. The topological polar surface area (TPSA) is 54.5 Å². The van der Waals surface area contributed by atoms with Crippen molar-refractivity contribution >= 4 is 32.7 Å². The lowest BCUT2D eigenvalue weighted by molar-refractivity contribution is 0.234. The van der Waals surface area contributed by atoms with E-state index in [1.807, 2.05) is 19.1 Å². The van der Waals surface area contributed by atoms with Crippen molar-refractivity contribution in [2.24, 2.45) is 0 Å². The number of fused-ring (bicyclic) bond motifs is 3. The third kappa shape index (κ3) is 2.32. The molecule has 0 radical (unpaired) electrons. The monoisotopic (exact) mass is 327 g/mol. The molecule has 2 aliphatic rings. The average Bonchev–Trinajstić information content (AvgIpc) is 3.12. The van der Waals surface area contributed by atoms with Crippen molar-refractivity contribution in [1.82, 2.24) is 10.3 Å². The zero-order chi connectivity index (χ0) is 16.0. The van der Waals surface area contributed by atoms with E-state index in [4.69, 9.17) is 9.72 Å². The fourth-order valence-electron chi connectivity index (χ4n) is 3.19. The first-order valence-corrected chi connectivity index (χ1v) is 8.56. The van der Waals surface area contributed by atoms with Crippen molar-refractivity contribution in [2.75, 3.05) is 11.5 Å². The molecule has 3 heterocycles. The second-order valence-electron chi connectivity index (χ2n) is 5.85. The van der Waals surface area contributed by atoms with Crippen molar-refractivity contribution in [3.63, 3.8) is 0 Å². The lowest BCUT2D eigenvalue weighted by Gasteiger charge is -2.34. The molecule has 118 valence electrons. The van der Waals surface area contributed by atoms with Crippen LogP contribution in [0.1, 0.15) is 25.8 Å². The van der Waals surface area contributed by atoms with Gasteiger partial charge in [0.25, 0.3) is 0 Å². The van der Waals surface area contributed by atoms with Crippen molar-refractivity contribution in [3.8, 4) is 17.6 Å². The number of thiazole rings is 1. The van der Waals surface area contributed by atoms with Gasteiger partial charge in [0.2, 0.25) is 0 Å². The summed E-state index contributed by atoms with van der Waals surface area (Å²) in [5, 5.41) is 3.68. The summed E-state index contributed by atoms with van der Waals surface area (Å²) in [6.45, 7) is 4.51. The van der Waals surface area contributed by atoms with Gasteiger partial charge in [-0.05, 0) is 32.4 Å². The predicted molar refractivity (Wildman–Crippen MR) is 91.1 cm³/mol. The highest BCUT2D eigenvalue weighted by Crippen LogP contribution is 2.38. The van der Waals surface area contributed by atoms with Gasteiger partial charge in [0.1, 0.15) is 11.8 Å². The van der Waals surface area contributed by atoms with Crippen LogP contribution in [0.4, 0.5) is 9.93 Å². The highest BCUT2D eigenvalue weighted by molar-refractivity contribution is 7.22. The van der Waals surface area contributed by atoms with Gasteiger partial charge in [-0.2, -0.15) is 0 Å². The van der Waals surface area contributed by atoms with Crippen LogP contribution in [0.15, 0.2) is 12.1 Å². The Labute approximate surface area is 138 Å². The molecule has 0 bridgehead atoms. The fraction of sp³-hybridized carbons (Fsp3) is 0.412. The number of hydrogen-bond donors (Lipinski definition) is 1. The smallest absolute Gasteiger partial charge is 0.324 e. The number of hydrogen-bond acceptors (Lipinski definition) is 4. The van der Waals surface area contributed by atoms with E-state index in [2.05, 4.69) is 17.2 Å². The fourth-order valence-corrected chi connectivity index (χ4v) is 4.24. The van der Waals surface area contributed by atoms with E-state index < -0.39 is 0 Å². The molecule has 5 nitrogen and oxygen atoms in total. The number of urea groups is 1. The van der Waals surface area contributed by atoms with Crippen molar-refractivity contribution < 1.29 is 9.53 Å². The highest BCUT2D eigenvalue weighted by Gasteiger charge is 2.34. The molecule has 4 rings (SSSR count). The van der Waals surface area contributed by atoms with E-state index in [0.29, 0.717) is 11.7 Å². The summed E-state index contributed by atoms with van der Waals surface area (Å²) in [6, 6.07) is 3.88. The molecule has 2 aliphatic heterocycles. The van der Waals surface area contributed by atoms with E-state index in [-0.39, 0.29) is 18.1 Å². The van der Waals surface area contributed by atoms with E-state index in [9.17, 15) is 4.79 Å². The third-order valence-electron chi connectivity index (χ3n) is 4.22. The lowest BCUT2D eigenvalue weighted by atomic mass is 10.1. The molecule has 1 N–H and O–H groups in total. The predicted octanol–water partition coefficient (Wildman–Crippen LogP) is 2.93. The van der Waals surface area contributed by atoms with Gasteiger partial charge in [-0.3, -0.25) is 4.90 Å². The molecule has 1 saturated heterocycles. The van der Waals surface area contributed by atoms with Gasteiger partial charge >= 0.3 is 6.03 Å². The molecule has 6 heteroatoms. The van der Waals surface area contributed by atoms with E-state index in [0.717, 1.165) is 34.4 Å². The van der Waals surface area contributed by atoms with Crippen LogP contribution in [0.5, 0.6) is 5.75 Å². The lowest BCUT2D eigenvalue weighted by Crippen LogP contribution is -2.55. The van der Waals surface area contributed by atoms with Gasteiger partial charge in [0, 0.05) is 18.0 Å². The van der Waals surface area contributed by atoms with Crippen LogP contribution >= 0.6 is 11.3 Å². The Morgan fingerprint density at radius 1 is 1.48 bits per heavy atom. The van der Waals surface area contributed by atoms with E-state index in [1.165, 1.54) is 11.3 Å². The minimum Gasteiger partial charge on any atom is -0.493 e. The number of nitrogens with zero attached hydrogens (tertiary/aromatic N) is 2. The highest BCUT2D eigenvalue weighted by atomic mass is 32.1. The largest absolute Gasteiger partial charge is 0.493 e. The molecule has 1 aromatic heterocycles. The standard InChI is InChI=1S/C17H17N3O2S/c1-3-4-11-9-10(2)18-16(21)20(11)17-19-15-12-7-8-22-13(12)5-6-14(15)23-17/h5-6,10-11H,7-9H2,1-2H3,(H,18,21)/t10-,11-/m0/s1. The molecule has 1 aromatic carbocycles. The second-order valence-corrected chi connectivity index (χ2v) is 6.86. The molecule has 2 amide bonds. The Balaban J connectivity index is 1.80. The first-order valence-electron chi connectivity index (χ1n) is 7.74. The Morgan fingerprint density at radius 2 is 2.35 bits per heavy atom. The Hall–Kier alpha value is -2.26. The normalized spacial score (nSPS) is 23.0. The molecule has 2 aromatic rings. The number of carbonyl (C=O) groups excluding carboxylic acids is 1. The first kappa shape index (κ1) is 14.3. The van der Waals surface area contributed by atoms with Gasteiger partial charge in [-0.25, -0.2) is 9.78 Å². The van der Waals surface area contributed by atoms with E-state index in [1.54, 1.807) is 11.8 Å². The van der Waals surface area contributed by atoms with Crippen LogP contribution in [0.3, 0.4) is 0 Å². The Morgan fingerprint density at radius 3 is 3.17 bits per heavy atom. The summed E-state index contributed by atoms with van der Waals surface area (Å²) in [7, 11) is 0. The summed E-state index contributed by atoms with van der Waals surface area (Å²) in [5.41, 5.74) is 2.10. The first-order chi connectivity index (χ1) is 11.2. The number of benzene rings is 1. The van der Waals surface area contributed by atoms with Crippen LogP contribution < -0.4 is 15.0 Å². The van der Waals surface area contributed by atoms with Gasteiger partial charge in [0.05, 0.1) is 16.8 Å². The van der Waals surface area contributed by atoms with E-state index >= 15 is 0 Å². The summed E-state index contributed by atoms with van der Waals surface area (Å²) in [5.74, 6) is 7.00. The van der Waals surface area contributed by atoms with Crippen LogP contribution in [0.2, 0.25) is 0 Å². The average molecular weight is 327 g/mol. The molecular formula is C17H17N3O2S. The molecule has 0 aliphatic carbocycles. The Bertz CT molecular complexity index is 849. The number of ether oxygens (including phenoxy) is 1. The molecule has 1 fully saturated rings. The second kappa shape index (κ2) is 5.43. The molecule has 0 unspecified atom stereocenters. The SMILES string of the molecule is CC#C[C@H]1C[C@H](C)NC(=O)N1c1nc2c3c(ccc2s1)OCC3. The van der Waals surface area contributed by atoms with Crippen molar-refractivity contribution in [1.29, 1.82) is 0 Å². The van der Waals surface area contributed by atoms with Crippen LogP contribution in [0, 0.1) is 11.8 Å². The number of aromatic nitrogens is 1. The summed E-state index contributed by atoms with van der Waals surface area (Å²) in [4.78, 5) is 18.9. The Kier molecular flexibility index (Phi) is 3.38. The van der Waals surface area contributed by atoms with Crippen molar-refractivity contribution in [3.05, 3.63) is 17.7 Å². The number of carbonyl (C=O) groups is 1. The maximum Gasteiger partial charge on any atom is 0.324 e. The molecular weight excluding hydrogens is 310 g/mol. The van der Waals surface area contributed by atoms with Gasteiger partial charge in [0.15, 0.2) is 5.13 Å². The number of nitrogens with one attached hydrogen (secondary N) is 1. The molecule has 23 heavy (non-hydrogen) atoms. The zero-order valence-electron chi connectivity index (χ0n) is 13.0. The molecule has 0 spiro atoms.